The first-order chi connectivity index (χ1) is 9.22. The molecule has 1 aromatic carbocycles. The second-order valence-corrected chi connectivity index (χ2v) is 5.47. The van der Waals surface area contributed by atoms with Crippen molar-refractivity contribution in [3.8, 4) is 0 Å². The standard InChI is InChI=1S/C16H21N3/c1-3-12-7-6-11(2)19(12)15-9-8-14(17)13-5-4-10-18-16(13)15/h4-5,8-12H,3,6-7,17H2,1-2H3. The molecule has 0 bridgehead atoms. The van der Waals surface area contributed by atoms with Crippen molar-refractivity contribution in [3.63, 3.8) is 0 Å². The van der Waals surface area contributed by atoms with Crippen LogP contribution < -0.4 is 10.6 Å². The molecule has 2 N–H and O–H groups in total. The van der Waals surface area contributed by atoms with Crippen molar-refractivity contribution in [1.82, 2.24) is 4.98 Å². The molecule has 1 fully saturated rings. The average molecular weight is 255 g/mol. The number of aromatic nitrogens is 1. The van der Waals surface area contributed by atoms with Gasteiger partial charge in [0.05, 0.1) is 11.2 Å². The van der Waals surface area contributed by atoms with Gasteiger partial charge in [-0.3, -0.25) is 4.98 Å². The molecule has 2 heterocycles. The Bertz CT molecular complexity index is 594. The van der Waals surface area contributed by atoms with Gasteiger partial charge >= 0.3 is 0 Å². The van der Waals surface area contributed by atoms with Crippen LogP contribution in [0.3, 0.4) is 0 Å². The average Bonchev–Trinajstić information content (AvgIpc) is 2.81. The molecule has 1 aliphatic heterocycles. The highest BCUT2D eigenvalue weighted by molar-refractivity contribution is 5.98. The van der Waals surface area contributed by atoms with E-state index in [1.165, 1.54) is 24.9 Å². The van der Waals surface area contributed by atoms with Gasteiger partial charge in [0.25, 0.3) is 0 Å². The molecule has 1 saturated heterocycles. The zero-order chi connectivity index (χ0) is 13.4. The van der Waals surface area contributed by atoms with E-state index in [4.69, 9.17) is 5.73 Å². The van der Waals surface area contributed by atoms with Crippen molar-refractivity contribution in [1.29, 1.82) is 0 Å². The molecule has 0 radical (unpaired) electrons. The molecule has 2 aromatic rings. The zero-order valence-corrected chi connectivity index (χ0v) is 11.6. The number of nitrogens with zero attached hydrogens (tertiary/aromatic N) is 2. The predicted molar refractivity (Wildman–Crippen MR) is 81.4 cm³/mol. The first-order valence-corrected chi connectivity index (χ1v) is 7.14. The van der Waals surface area contributed by atoms with Crippen molar-refractivity contribution in [2.24, 2.45) is 0 Å². The largest absolute Gasteiger partial charge is 0.398 e. The van der Waals surface area contributed by atoms with Crippen LogP contribution in [0.5, 0.6) is 0 Å². The minimum atomic E-state index is 0.582. The molecule has 3 nitrogen and oxygen atoms in total. The Labute approximate surface area is 114 Å². The van der Waals surface area contributed by atoms with Crippen LogP contribution in [0.2, 0.25) is 0 Å². The van der Waals surface area contributed by atoms with Crippen molar-refractivity contribution < 1.29 is 0 Å². The summed E-state index contributed by atoms with van der Waals surface area (Å²) in [6, 6.07) is 9.37. The number of pyridine rings is 1. The number of anilines is 2. The Morgan fingerprint density at radius 3 is 2.95 bits per heavy atom. The Kier molecular flexibility index (Phi) is 3.05. The lowest BCUT2D eigenvalue weighted by Gasteiger charge is -2.31. The summed E-state index contributed by atoms with van der Waals surface area (Å²) in [7, 11) is 0. The van der Waals surface area contributed by atoms with Crippen LogP contribution in [0.15, 0.2) is 30.5 Å². The van der Waals surface area contributed by atoms with Gasteiger partial charge in [0.1, 0.15) is 0 Å². The topological polar surface area (TPSA) is 42.1 Å². The van der Waals surface area contributed by atoms with E-state index in [0.717, 1.165) is 16.6 Å². The molecule has 2 unspecified atom stereocenters. The van der Waals surface area contributed by atoms with Crippen LogP contribution >= 0.6 is 0 Å². The molecule has 19 heavy (non-hydrogen) atoms. The molecule has 100 valence electrons. The maximum atomic E-state index is 6.07. The minimum absolute atomic E-state index is 0.582. The molecule has 3 rings (SSSR count). The van der Waals surface area contributed by atoms with Gasteiger partial charge in [0, 0.05) is 29.4 Å². The number of nitrogen functional groups attached to an aromatic ring is 1. The van der Waals surface area contributed by atoms with E-state index < -0.39 is 0 Å². The first kappa shape index (κ1) is 12.3. The molecule has 1 aromatic heterocycles. The first-order valence-electron chi connectivity index (χ1n) is 7.14. The Balaban J connectivity index is 2.17. The predicted octanol–water partition coefficient (Wildman–Crippen LogP) is 3.58. The number of hydrogen-bond acceptors (Lipinski definition) is 3. The highest BCUT2D eigenvalue weighted by atomic mass is 15.2. The summed E-state index contributed by atoms with van der Waals surface area (Å²) in [5, 5.41) is 1.06. The lowest BCUT2D eigenvalue weighted by atomic mass is 10.1. The van der Waals surface area contributed by atoms with Crippen LogP contribution in [0.1, 0.15) is 33.1 Å². The summed E-state index contributed by atoms with van der Waals surface area (Å²) in [4.78, 5) is 7.10. The second kappa shape index (κ2) is 4.72. The molecule has 0 aliphatic carbocycles. The summed E-state index contributed by atoms with van der Waals surface area (Å²) >= 11 is 0. The smallest absolute Gasteiger partial charge is 0.0956 e. The maximum Gasteiger partial charge on any atom is 0.0956 e. The van der Waals surface area contributed by atoms with Crippen LogP contribution in [-0.2, 0) is 0 Å². The minimum Gasteiger partial charge on any atom is -0.398 e. The zero-order valence-electron chi connectivity index (χ0n) is 11.6. The summed E-state index contributed by atoms with van der Waals surface area (Å²) in [5.41, 5.74) is 9.15. The van der Waals surface area contributed by atoms with Crippen molar-refractivity contribution in [2.45, 2.75) is 45.2 Å². The van der Waals surface area contributed by atoms with E-state index in [2.05, 4.69) is 35.9 Å². The van der Waals surface area contributed by atoms with Gasteiger partial charge in [-0.25, -0.2) is 0 Å². The Morgan fingerprint density at radius 2 is 2.16 bits per heavy atom. The fourth-order valence-corrected chi connectivity index (χ4v) is 3.29. The highest BCUT2D eigenvalue weighted by Gasteiger charge is 2.30. The van der Waals surface area contributed by atoms with Gasteiger partial charge < -0.3 is 10.6 Å². The number of fused-ring (bicyclic) bond motifs is 1. The molecule has 1 aliphatic rings. The summed E-state index contributed by atoms with van der Waals surface area (Å²) in [6.07, 6.45) is 5.57. The lowest BCUT2D eigenvalue weighted by molar-refractivity contribution is 0.629. The molecule has 0 spiro atoms. The summed E-state index contributed by atoms with van der Waals surface area (Å²) in [6.45, 7) is 4.57. The van der Waals surface area contributed by atoms with E-state index >= 15 is 0 Å². The lowest BCUT2D eigenvalue weighted by Crippen LogP contribution is -2.34. The van der Waals surface area contributed by atoms with Crippen molar-refractivity contribution >= 4 is 22.3 Å². The van der Waals surface area contributed by atoms with Gasteiger partial charge in [0.2, 0.25) is 0 Å². The number of nitrogens with two attached hydrogens (primary N) is 1. The van der Waals surface area contributed by atoms with Crippen LogP contribution in [0.25, 0.3) is 10.9 Å². The molecule has 0 saturated carbocycles. The van der Waals surface area contributed by atoms with Gasteiger partial charge in [-0.05, 0) is 50.5 Å². The third-order valence-corrected chi connectivity index (χ3v) is 4.32. The van der Waals surface area contributed by atoms with E-state index in [0.29, 0.717) is 12.1 Å². The molecular formula is C16H21N3. The summed E-state index contributed by atoms with van der Waals surface area (Å²) < 4.78 is 0. The third kappa shape index (κ3) is 1.93. The quantitative estimate of drug-likeness (QED) is 0.834. The van der Waals surface area contributed by atoms with Gasteiger partial charge in [-0.2, -0.15) is 0 Å². The van der Waals surface area contributed by atoms with Gasteiger partial charge in [-0.15, -0.1) is 0 Å². The molecule has 3 heteroatoms. The van der Waals surface area contributed by atoms with Crippen molar-refractivity contribution in [3.05, 3.63) is 30.5 Å². The number of benzene rings is 1. The van der Waals surface area contributed by atoms with Crippen molar-refractivity contribution in [2.75, 3.05) is 10.6 Å². The SMILES string of the molecule is CCC1CCC(C)N1c1ccc(N)c2cccnc12. The van der Waals surface area contributed by atoms with Crippen LogP contribution in [0.4, 0.5) is 11.4 Å². The Hall–Kier alpha value is -1.77. The highest BCUT2D eigenvalue weighted by Crippen LogP contribution is 2.37. The van der Waals surface area contributed by atoms with Gasteiger partial charge in [0.15, 0.2) is 0 Å². The van der Waals surface area contributed by atoms with Crippen LogP contribution in [0, 0.1) is 0 Å². The molecule has 2 atom stereocenters. The monoisotopic (exact) mass is 255 g/mol. The normalized spacial score (nSPS) is 23.2. The summed E-state index contributed by atoms with van der Waals surface area (Å²) in [5.74, 6) is 0. The third-order valence-electron chi connectivity index (χ3n) is 4.32. The Morgan fingerprint density at radius 1 is 1.32 bits per heavy atom. The van der Waals surface area contributed by atoms with E-state index in [1.54, 1.807) is 0 Å². The van der Waals surface area contributed by atoms with E-state index in [-0.39, 0.29) is 0 Å². The number of rotatable bonds is 2. The molecular weight excluding hydrogens is 234 g/mol. The van der Waals surface area contributed by atoms with Crippen LogP contribution in [-0.4, -0.2) is 17.1 Å². The fraction of sp³-hybridized carbons (Fsp3) is 0.438. The number of hydrogen-bond donors (Lipinski definition) is 1. The van der Waals surface area contributed by atoms with E-state index in [1.807, 2.05) is 18.3 Å². The van der Waals surface area contributed by atoms with Gasteiger partial charge in [-0.1, -0.05) is 6.92 Å². The maximum absolute atomic E-state index is 6.07. The molecule has 0 amide bonds. The fourth-order valence-electron chi connectivity index (χ4n) is 3.29. The second-order valence-electron chi connectivity index (χ2n) is 5.47. The van der Waals surface area contributed by atoms with E-state index in [9.17, 15) is 0 Å².